The quantitative estimate of drug-likeness (QED) is 0.911. The molecule has 5 nitrogen and oxygen atoms in total. The molecule has 0 atom stereocenters. The van der Waals surface area contributed by atoms with Crippen molar-refractivity contribution in [3.05, 3.63) is 56.9 Å². The Morgan fingerprint density at radius 3 is 2.84 bits per heavy atom. The molecule has 2 N–H and O–H groups in total. The Hall–Kier alpha value is -2.08. The van der Waals surface area contributed by atoms with Crippen LogP contribution >= 0.6 is 15.9 Å². The van der Waals surface area contributed by atoms with Gasteiger partial charge in [-0.3, -0.25) is 9.59 Å². The highest BCUT2D eigenvalue weighted by atomic mass is 79.9. The van der Waals surface area contributed by atoms with Crippen molar-refractivity contribution >= 4 is 27.5 Å². The summed E-state index contributed by atoms with van der Waals surface area (Å²) in [4.78, 5) is 26.0. The number of hydrogen-bond acceptors (Lipinski definition) is 3. The Balaban J connectivity index is 2.29. The fraction of sp³-hybridized carbons (Fsp3) is 0.0769. The van der Waals surface area contributed by atoms with Crippen molar-refractivity contribution in [2.45, 2.75) is 0 Å². The van der Waals surface area contributed by atoms with Crippen LogP contribution in [0, 0.1) is 0 Å². The number of hydrogen-bond donors (Lipinski definition) is 2. The van der Waals surface area contributed by atoms with Crippen LogP contribution in [0.15, 0.2) is 45.8 Å². The van der Waals surface area contributed by atoms with Gasteiger partial charge in [0.2, 0.25) is 0 Å². The first-order chi connectivity index (χ1) is 9.11. The Kier molecular flexibility index (Phi) is 4.01. The van der Waals surface area contributed by atoms with Crippen molar-refractivity contribution < 1.29 is 9.53 Å². The molecule has 0 bridgehead atoms. The van der Waals surface area contributed by atoms with Gasteiger partial charge in [0.25, 0.3) is 11.5 Å². The van der Waals surface area contributed by atoms with Gasteiger partial charge in [0.05, 0.1) is 12.8 Å². The summed E-state index contributed by atoms with van der Waals surface area (Å²) in [6.07, 6.45) is 1.47. The van der Waals surface area contributed by atoms with E-state index in [0.717, 1.165) is 0 Å². The molecule has 0 saturated carbocycles. The molecular weight excluding hydrogens is 312 g/mol. The van der Waals surface area contributed by atoms with Gasteiger partial charge >= 0.3 is 0 Å². The number of anilines is 1. The largest absolute Gasteiger partial charge is 0.497 e. The molecule has 0 aliphatic carbocycles. The van der Waals surface area contributed by atoms with Crippen LogP contribution in [0.25, 0.3) is 0 Å². The van der Waals surface area contributed by atoms with E-state index >= 15 is 0 Å². The predicted octanol–water partition coefficient (Wildman–Crippen LogP) is 2.40. The molecule has 98 valence electrons. The lowest BCUT2D eigenvalue weighted by atomic mass is 10.2. The van der Waals surface area contributed by atoms with Crippen LogP contribution in [-0.2, 0) is 0 Å². The third-order valence-electron chi connectivity index (χ3n) is 2.48. The summed E-state index contributed by atoms with van der Waals surface area (Å²) >= 11 is 3.32. The third-order valence-corrected chi connectivity index (χ3v) is 3.18. The highest BCUT2D eigenvalue weighted by Crippen LogP contribution is 2.27. The van der Waals surface area contributed by atoms with Crippen LogP contribution in [0.1, 0.15) is 10.4 Å². The zero-order valence-electron chi connectivity index (χ0n) is 10.1. The van der Waals surface area contributed by atoms with Gasteiger partial charge in [0.1, 0.15) is 11.3 Å². The second-order valence-electron chi connectivity index (χ2n) is 3.71. The molecule has 19 heavy (non-hydrogen) atoms. The van der Waals surface area contributed by atoms with Gasteiger partial charge in [-0.05, 0) is 40.2 Å². The summed E-state index contributed by atoms with van der Waals surface area (Å²) in [6, 6.07) is 8.23. The van der Waals surface area contributed by atoms with Crippen LogP contribution in [0.2, 0.25) is 0 Å². The first-order valence-corrected chi connectivity index (χ1v) is 6.23. The van der Waals surface area contributed by atoms with Crippen LogP contribution in [-0.4, -0.2) is 18.0 Å². The fourth-order valence-corrected chi connectivity index (χ4v) is 1.86. The van der Waals surface area contributed by atoms with Crippen LogP contribution in [0.5, 0.6) is 5.75 Å². The van der Waals surface area contributed by atoms with Crippen molar-refractivity contribution in [1.29, 1.82) is 0 Å². The van der Waals surface area contributed by atoms with Crippen LogP contribution in [0.4, 0.5) is 5.69 Å². The molecule has 0 aliphatic heterocycles. The number of amides is 1. The van der Waals surface area contributed by atoms with Gasteiger partial charge in [-0.25, -0.2) is 0 Å². The highest BCUT2D eigenvalue weighted by molar-refractivity contribution is 9.10. The lowest BCUT2D eigenvalue weighted by Gasteiger charge is -2.08. The van der Waals surface area contributed by atoms with E-state index in [2.05, 4.69) is 26.2 Å². The van der Waals surface area contributed by atoms with E-state index in [1.54, 1.807) is 24.3 Å². The molecule has 0 unspecified atom stereocenters. The minimum absolute atomic E-state index is 0.0530. The number of H-pyrrole nitrogens is 1. The first kappa shape index (κ1) is 13.4. The maximum Gasteiger partial charge on any atom is 0.261 e. The lowest BCUT2D eigenvalue weighted by molar-refractivity contribution is 0.102. The average molecular weight is 323 g/mol. The van der Waals surface area contributed by atoms with Gasteiger partial charge in [-0.2, -0.15) is 0 Å². The van der Waals surface area contributed by atoms with E-state index in [-0.39, 0.29) is 5.56 Å². The third kappa shape index (κ3) is 3.03. The molecule has 0 spiro atoms. The van der Waals surface area contributed by atoms with Gasteiger partial charge < -0.3 is 15.0 Å². The Bertz CT molecular complexity index is 667. The molecule has 0 saturated heterocycles. The van der Waals surface area contributed by atoms with Gasteiger partial charge in [-0.15, -0.1) is 0 Å². The number of carbonyl (C=O) groups excluding carboxylic acids is 1. The van der Waals surface area contributed by atoms with Crippen LogP contribution in [0.3, 0.4) is 0 Å². The minimum Gasteiger partial charge on any atom is -0.497 e. The highest BCUT2D eigenvalue weighted by Gasteiger charge is 2.12. The van der Waals surface area contributed by atoms with Gasteiger partial charge in [-0.1, -0.05) is 0 Å². The molecule has 1 amide bonds. The standard InChI is InChI=1S/C13H11BrN2O3/c1-19-8-4-5-10(14)11(7-8)16-13(18)9-3-2-6-15-12(9)17/h2-7H,1H3,(H,15,17)(H,16,18). The predicted molar refractivity (Wildman–Crippen MR) is 75.7 cm³/mol. The second kappa shape index (κ2) is 5.71. The summed E-state index contributed by atoms with van der Waals surface area (Å²) in [5.41, 5.74) is 0.156. The summed E-state index contributed by atoms with van der Waals surface area (Å²) in [6.45, 7) is 0. The number of halogens is 1. The van der Waals surface area contributed by atoms with E-state index in [0.29, 0.717) is 15.9 Å². The normalized spacial score (nSPS) is 10.0. The summed E-state index contributed by atoms with van der Waals surface area (Å²) in [5.74, 6) is 0.135. The molecule has 1 heterocycles. The van der Waals surface area contributed by atoms with Crippen molar-refractivity contribution in [2.24, 2.45) is 0 Å². The molecule has 0 aliphatic rings. The van der Waals surface area contributed by atoms with Gasteiger partial charge in [0.15, 0.2) is 0 Å². The Morgan fingerprint density at radius 1 is 1.37 bits per heavy atom. The molecule has 2 rings (SSSR count). The molecule has 0 fully saturated rings. The van der Waals surface area contributed by atoms with E-state index in [9.17, 15) is 9.59 Å². The molecule has 2 aromatic rings. The molecule has 0 radical (unpaired) electrons. The van der Waals surface area contributed by atoms with Crippen LogP contribution < -0.4 is 15.6 Å². The number of aromatic amines is 1. The van der Waals surface area contributed by atoms with Crippen molar-refractivity contribution in [3.63, 3.8) is 0 Å². The topological polar surface area (TPSA) is 71.2 Å². The number of pyridine rings is 1. The maximum atomic E-state index is 12.0. The summed E-state index contributed by atoms with van der Waals surface area (Å²) < 4.78 is 5.78. The molecular formula is C13H11BrN2O3. The van der Waals surface area contributed by atoms with Crippen molar-refractivity contribution in [3.8, 4) is 5.75 Å². The van der Waals surface area contributed by atoms with E-state index in [4.69, 9.17) is 4.74 Å². The van der Waals surface area contributed by atoms with E-state index in [1.807, 2.05) is 0 Å². The maximum absolute atomic E-state index is 12.0. The zero-order chi connectivity index (χ0) is 13.8. The number of carbonyl (C=O) groups is 1. The molecule has 6 heteroatoms. The number of methoxy groups -OCH3 is 1. The number of benzene rings is 1. The number of nitrogens with one attached hydrogen (secondary N) is 2. The Labute approximate surface area is 117 Å². The van der Waals surface area contributed by atoms with Crippen molar-refractivity contribution in [2.75, 3.05) is 12.4 Å². The molecule has 1 aromatic heterocycles. The van der Waals surface area contributed by atoms with Crippen molar-refractivity contribution in [1.82, 2.24) is 4.98 Å². The van der Waals surface area contributed by atoms with Gasteiger partial charge in [0, 0.05) is 16.7 Å². The monoisotopic (exact) mass is 322 g/mol. The SMILES string of the molecule is COc1ccc(Br)c(NC(=O)c2ccc[nH]c2=O)c1. The lowest BCUT2D eigenvalue weighted by Crippen LogP contribution is -2.22. The smallest absolute Gasteiger partial charge is 0.261 e. The fourth-order valence-electron chi connectivity index (χ4n) is 1.52. The zero-order valence-corrected chi connectivity index (χ0v) is 11.7. The minimum atomic E-state index is -0.476. The first-order valence-electron chi connectivity index (χ1n) is 5.44. The summed E-state index contributed by atoms with van der Waals surface area (Å²) in [5, 5.41) is 2.66. The van der Waals surface area contributed by atoms with E-state index in [1.165, 1.54) is 19.4 Å². The number of aromatic nitrogens is 1. The summed E-state index contributed by atoms with van der Waals surface area (Å²) in [7, 11) is 1.54. The molecule has 1 aromatic carbocycles. The number of ether oxygens (including phenoxy) is 1. The average Bonchev–Trinajstić information content (AvgIpc) is 2.41. The second-order valence-corrected chi connectivity index (χ2v) is 4.57. The Morgan fingerprint density at radius 2 is 2.16 bits per heavy atom. The van der Waals surface area contributed by atoms with E-state index < -0.39 is 11.5 Å². The number of rotatable bonds is 3.